The first-order valence-electron chi connectivity index (χ1n) is 11.1. The van der Waals surface area contributed by atoms with E-state index < -0.39 is 0 Å². The lowest BCUT2D eigenvalue weighted by Gasteiger charge is -2.14. The Balaban J connectivity index is 1.58. The molecular weight excluding hydrogens is 440 g/mol. The second kappa shape index (κ2) is 9.39. The molecule has 0 saturated heterocycles. The van der Waals surface area contributed by atoms with Crippen LogP contribution in [-0.4, -0.2) is 30.1 Å². The molecule has 4 rings (SSSR count). The number of fused-ring (bicyclic) bond motifs is 2. The number of aryl methyl sites for hydroxylation is 3. The van der Waals surface area contributed by atoms with Gasteiger partial charge in [-0.2, -0.15) is 0 Å². The van der Waals surface area contributed by atoms with Crippen molar-refractivity contribution in [2.45, 2.75) is 53.4 Å². The molecule has 0 bridgehead atoms. The predicted octanol–water partition coefficient (Wildman–Crippen LogP) is 5.54. The van der Waals surface area contributed by atoms with Gasteiger partial charge in [-0.3, -0.25) is 14.9 Å². The van der Waals surface area contributed by atoms with Gasteiger partial charge in [0.2, 0.25) is 5.91 Å². The number of furan rings is 1. The number of ether oxygens (including phenoxy) is 2. The Hall–Kier alpha value is -3.13. The fraction of sp³-hybridized carbons (Fsp3) is 0.400. The lowest BCUT2D eigenvalue weighted by Crippen LogP contribution is -2.14. The van der Waals surface area contributed by atoms with Crippen LogP contribution in [0.25, 0.3) is 16.5 Å². The van der Waals surface area contributed by atoms with Crippen LogP contribution in [0.5, 0.6) is 5.75 Å². The van der Waals surface area contributed by atoms with E-state index in [4.69, 9.17) is 13.9 Å². The van der Waals surface area contributed by atoms with E-state index in [1.54, 1.807) is 19.3 Å². The largest absolute Gasteiger partial charge is 0.493 e. The number of hydrogen-bond acceptors (Lipinski definition) is 7. The molecule has 33 heavy (non-hydrogen) atoms. The minimum Gasteiger partial charge on any atom is -0.493 e. The molecule has 1 atom stereocenters. The first-order chi connectivity index (χ1) is 15.8. The fourth-order valence-corrected chi connectivity index (χ4v) is 5.27. The average Bonchev–Trinajstić information content (AvgIpc) is 3.44. The van der Waals surface area contributed by atoms with E-state index in [1.165, 1.54) is 11.3 Å². The van der Waals surface area contributed by atoms with Crippen LogP contribution in [0.4, 0.5) is 5.13 Å². The van der Waals surface area contributed by atoms with Crippen molar-refractivity contribution in [2.24, 2.45) is 0 Å². The molecule has 0 saturated carbocycles. The van der Waals surface area contributed by atoms with Gasteiger partial charge < -0.3 is 13.9 Å². The summed E-state index contributed by atoms with van der Waals surface area (Å²) in [4.78, 5) is 30.5. The van der Waals surface area contributed by atoms with E-state index in [-0.39, 0.29) is 17.8 Å². The van der Waals surface area contributed by atoms with Crippen molar-refractivity contribution in [3.8, 4) is 5.75 Å². The molecule has 174 valence electrons. The van der Waals surface area contributed by atoms with Crippen LogP contribution >= 0.6 is 11.3 Å². The molecule has 3 aromatic rings. The highest BCUT2D eigenvalue weighted by atomic mass is 32.1. The van der Waals surface area contributed by atoms with Crippen LogP contribution in [0.1, 0.15) is 60.4 Å². The van der Waals surface area contributed by atoms with Gasteiger partial charge in [-0.15, -0.1) is 11.3 Å². The molecule has 0 radical (unpaired) electrons. The Morgan fingerprint density at radius 1 is 1.30 bits per heavy atom. The number of esters is 1. The van der Waals surface area contributed by atoms with Gasteiger partial charge in [0.25, 0.3) is 0 Å². The smallest absolute Gasteiger partial charge is 0.315 e. The molecule has 0 spiro atoms. The van der Waals surface area contributed by atoms with Gasteiger partial charge in [0.1, 0.15) is 17.3 Å². The first-order valence-corrected chi connectivity index (χ1v) is 12.0. The van der Waals surface area contributed by atoms with E-state index in [2.05, 4.69) is 10.3 Å². The first kappa shape index (κ1) is 23.0. The summed E-state index contributed by atoms with van der Waals surface area (Å²) >= 11 is 1.41. The zero-order valence-electron chi connectivity index (χ0n) is 19.5. The molecule has 1 unspecified atom stereocenters. The number of thiazole rings is 1. The summed E-state index contributed by atoms with van der Waals surface area (Å²) < 4.78 is 16.8. The second-order valence-electron chi connectivity index (χ2n) is 8.09. The molecule has 1 aliphatic rings. The summed E-state index contributed by atoms with van der Waals surface area (Å²) in [7, 11) is 0. The quantitative estimate of drug-likeness (QED) is 0.362. The van der Waals surface area contributed by atoms with Gasteiger partial charge in [-0.25, -0.2) is 4.98 Å². The van der Waals surface area contributed by atoms with Crippen molar-refractivity contribution in [1.82, 2.24) is 4.98 Å². The molecule has 2 heterocycles. The number of amides is 1. The summed E-state index contributed by atoms with van der Waals surface area (Å²) in [5.41, 5.74) is 5.09. The van der Waals surface area contributed by atoms with Crippen molar-refractivity contribution < 1.29 is 23.5 Å². The molecule has 7 nitrogen and oxygen atoms in total. The highest BCUT2D eigenvalue weighted by Crippen LogP contribution is 2.40. The van der Waals surface area contributed by atoms with Crippen LogP contribution in [0, 0.1) is 13.8 Å². The Kier molecular flexibility index (Phi) is 6.56. The van der Waals surface area contributed by atoms with Crippen LogP contribution < -0.4 is 10.1 Å². The molecule has 0 aliphatic heterocycles. The molecule has 2 aromatic heterocycles. The maximum atomic E-state index is 12.8. The van der Waals surface area contributed by atoms with Crippen LogP contribution in [-0.2, 0) is 20.7 Å². The lowest BCUT2D eigenvalue weighted by atomic mass is 9.98. The Labute approximate surface area is 196 Å². The number of hydrogen-bond donors (Lipinski definition) is 1. The number of benzene rings is 1. The van der Waals surface area contributed by atoms with E-state index in [0.29, 0.717) is 30.5 Å². The van der Waals surface area contributed by atoms with Gasteiger partial charge in [0.15, 0.2) is 5.13 Å². The summed E-state index contributed by atoms with van der Waals surface area (Å²) in [6, 6.07) is 2.01. The minimum atomic E-state index is -0.346. The Morgan fingerprint density at radius 2 is 2.09 bits per heavy atom. The number of aromatic nitrogens is 1. The third-order valence-electron chi connectivity index (χ3n) is 5.82. The lowest BCUT2D eigenvalue weighted by molar-refractivity contribution is -0.145. The number of carbonyl (C=O) groups excluding carboxylic acids is 2. The van der Waals surface area contributed by atoms with E-state index >= 15 is 0 Å². The molecule has 8 heteroatoms. The van der Waals surface area contributed by atoms with Crippen LogP contribution in [0.2, 0.25) is 0 Å². The second-order valence-corrected chi connectivity index (χ2v) is 9.18. The van der Waals surface area contributed by atoms with Gasteiger partial charge in [0.05, 0.1) is 25.2 Å². The highest BCUT2D eigenvalue weighted by Gasteiger charge is 2.33. The number of rotatable bonds is 7. The Morgan fingerprint density at radius 3 is 2.82 bits per heavy atom. The van der Waals surface area contributed by atoms with Gasteiger partial charge in [0, 0.05) is 27.5 Å². The maximum Gasteiger partial charge on any atom is 0.315 e. The number of nitrogens with zero attached hydrogens (tertiary/aromatic N) is 1. The molecule has 1 aromatic carbocycles. The number of allylic oxidation sites excluding steroid dienone is 1. The SMILES string of the molecule is CCOC(=O)C1CCc2sc(NC(=O)/C=C(\C)c3cc4c(C)coc4c(C)c3OCC)nc21. The van der Waals surface area contributed by atoms with Crippen molar-refractivity contribution in [3.05, 3.63) is 45.7 Å². The highest BCUT2D eigenvalue weighted by molar-refractivity contribution is 7.16. The summed E-state index contributed by atoms with van der Waals surface area (Å²) in [5.74, 6) is -0.164. The third-order valence-corrected chi connectivity index (χ3v) is 6.86. The fourth-order valence-electron chi connectivity index (χ4n) is 4.23. The van der Waals surface area contributed by atoms with Crippen molar-refractivity contribution >= 4 is 44.9 Å². The van der Waals surface area contributed by atoms with E-state index in [9.17, 15) is 9.59 Å². The van der Waals surface area contributed by atoms with Gasteiger partial charge in [-0.1, -0.05) is 0 Å². The third kappa shape index (κ3) is 4.39. The number of carbonyl (C=O) groups is 2. The molecule has 1 aliphatic carbocycles. The van der Waals surface area contributed by atoms with E-state index in [1.807, 2.05) is 33.8 Å². The average molecular weight is 469 g/mol. The number of anilines is 1. The van der Waals surface area contributed by atoms with Crippen LogP contribution in [0.3, 0.4) is 0 Å². The summed E-state index contributed by atoms with van der Waals surface area (Å²) in [6.45, 7) is 10.4. The predicted molar refractivity (Wildman–Crippen MR) is 129 cm³/mol. The zero-order valence-corrected chi connectivity index (χ0v) is 20.4. The standard InChI is InChI=1S/C25H28N2O5S/c1-6-30-22-15(5)23-18(14(4)12-32-23)11-17(22)13(3)10-20(28)26-25-27-21-16(24(29)31-7-2)8-9-19(21)33-25/h10-12,16H,6-9H2,1-5H3,(H,26,27,28)/b13-10+. The summed E-state index contributed by atoms with van der Waals surface area (Å²) in [5, 5.41) is 4.35. The van der Waals surface area contributed by atoms with Crippen molar-refractivity contribution in [2.75, 3.05) is 18.5 Å². The molecule has 1 amide bonds. The van der Waals surface area contributed by atoms with Crippen molar-refractivity contribution in [1.29, 1.82) is 0 Å². The minimum absolute atomic E-state index is 0.251. The topological polar surface area (TPSA) is 90.7 Å². The Bertz CT molecular complexity index is 1250. The molecule has 1 N–H and O–H groups in total. The summed E-state index contributed by atoms with van der Waals surface area (Å²) in [6.07, 6.45) is 4.75. The maximum absolute atomic E-state index is 12.8. The zero-order chi connectivity index (χ0) is 23.7. The normalized spacial score (nSPS) is 15.5. The van der Waals surface area contributed by atoms with Crippen LogP contribution in [0.15, 0.2) is 22.8 Å². The van der Waals surface area contributed by atoms with Gasteiger partial charge >= 0.3 is 5.97 Å². The van der Waals surface area contributed by atoms with Gasteiger partial charge in [-0.05, 0) is 64.7 Å². The van der Waals surface area contributed by atoms with Crippen molar-refractivity contribution in [3.63, 3.8) is 0 Å². The monoisotopic (exact) mass is 468 g/mol. The molecule has 0 fully saturated rings. The number of nitrogens with one attached hydrogen (secondary N) is 1. The molecular formula is C25H28N2O5S. The van der Waals surface area contributed by atoms with E-state index in [0.717, 1.165) is 50.2 Å².